The van der Waals surface area contributed by atoms with Gasteiger partial charge in [-0.25, -0.2) is 0 Å². The summed E-state index contributed by atoms with van der Waals surface area (Å²) in [5.41, 5.74) is 4.01. The van der Waals surface area contributed by atoms with E-state index >= 15 is 0 Å². The van der Waals surface area contributed by atoms with Crippen LogP contribution in [-0.2, 0) is 14.4 Å². The molecule has 1 spiro atoms. The van der Waals surface area contributed by atoms with Gasteiger partial charge in [-0.3, -0.25) is 9.63 Å². The molecule has 0 amide bonds. The van der Waals surface area contributed by atoms with Crippen LogP contribution in [0.5, 0.6) is 5.75 Å². The lowest BCUT2D eigenvalue weighted by molar-refractivity contribution is -0.170. The van der Waals surface area contributed by atoms with Crippen molar-refractivity contribution < 1.29 is 19.5 Å². The molecule has 4 atom stereocenters. The van der Waals surface area contributed by atoms with Crippen LogP contribution in [0.15, 0.2) is 54.6 Å². The van der Waals surface area contributed by atoms with Crippen LogP contribution >= 0.6 is 0 Å². The number of ether oxygens (including phenoxy) is 1. The molecule has 160 valence electrons. The summed E-state index contributed by atoms with van der Waals surface area (Å²) in [7, 11) is 0. The van der Waals surface area contributed by atoms with Gasteiger partial charge in [0.15, 0.2) is 0 Å². The first-order chi connectivity index (χ1) is 14.3. The van der Waals surface area contributed by atoms with E-state index in [-0.39, 0.29) is 29.6 Å². The molecule has 5 nitrogen and oxygen atoms in total. The first kappa shape index (κ1) is 20.9. The molecule has 2 N–H and O–H groups in total. The molecule has 1 aliphatic heterocycles. The lowest BCUT2D eigenvalue weighted by Gasteiger charge is -2.44. The highest BCUT2D eigenvalue weighted by atomic mass is 16.7. The molecule has 0 aromatic heterocycles. The fourth-order valence-corrected chi connectivity index (χ4v) is 5.05. The highest BCUT2D eigenvalue weighted by Crippen LogP contribution is 2.54. The van der Waals surface area contributed by atoms with Crippen LogP contribution in [-0.4, -0.2) is 22.3 Å². The van der Waals surface area contributed by atoms with Gasteiger partial charge < -0.3 is 9.84 Å². The third-order valence-corrected chi connectivity index (χ3v) is 6.22. The van der Waals surface area contributed by atoms with E-state index < -0.39 is 11.2 Å². The molecule has 5 heteroatoms. The Morgan fingerprint density at radius 3 is 2.53 bits per heavy atom. The van der Waals surface area contributed by atoms with E-state index in [1.54, 1.807) is 6.07 Å². The molecule has 0 radical (unpaired) electrons. The maximum absolute atomic E-state index is 13.2. The van der Waals surface area contributed by atoms with E-state index in [1.165, 1.54) is 0 Å². The molecule has 30 heavy (non-hydrogen) atoms. The molecule has 2 fully saturated rings. The largest absolute Gasteiger partial charge is 0.508 e. The monoisotopic (exact) mass is 409 g/mol. The summed E-state index contributed by atoms with van der Waals surface area (Å²) >= 11 is 0. The molecule has 1 unspecified atom stereocenters. The summed E-state index contributed by atoms with van der Waals surface area (Å²) in [4.78, 5) is 19.5. The molecule has 1 saturated carbocycles. The third-order valence-electron chi connectivity index (χ3n) is 6.22. The maximum Gasteiger partial charge on any atom is 0.310 e. The van der Waals surface area contributed by atoms with Crippen molar-refractivity contribution in [3.8, 4) is 5.75 Å². The van der Waals surface area contributed by atoms with Crippen molar-refractivity contribution in [3.63, 3.8) is 0 Å². The van der Waals surface area contributed by atoms with Gasteiger partial charge in [-0.2, -0.15) is 5.48 Å². The van der Waals surface area contributed by atoms with Crippen molar-refractivity contribution in [2.75, 3.05) is 0 Å². The van der Waals surface area contributed by atoms with Crippen LogP contribution in [0.2, 0.25) is 0 Å². The zero-order valence-corrected chi connectivity index (χ0v) is 17.9. The Balaban J connectivity index is 1.69. The van der Waals surface area contributed by atoms with E-state index in [2.05, 4.69) is 17.6 Å². The average Bonchev–Trinajstić information content (AvgIpc) is 3.11. The summed E-state index contributed by atoms with van der Waals surface area (Å²) in [6.07, 6.45) is 3.20. The normalized spacial score (nSPS) is 29.1. The second-order valence-corrected chi connectivity index (χ2v) is 9.52. The SMILES string of the molecule is CC(C)(C)OC(=O)C1CCC[C@@]2(C[C@@H](c3ccccc3O)NO2)[C@@H]1c1ccccc1. The zero-order chi connectivity index (χ0) is 21.4. The number of benzene rings is 2. The van der Waals surface area contributed by atoms with Gasteiger partial charge >= 0.3 is 5.97 Å². The van der Waals surface area contributed by atoms with Crippen LogP contribution in [0.25, 0.3) is 0 Å². The van der Waals surface area contributed by atoms with Crippen molar-refractivity contribution in [2.24, 2.45) is 5.92 Å². The number of hydrogen-bond donors (Lipinski definition) is 2. The van der Waals surface area contributed by atoms with E-state index in [0.29, 0.717) is 6.42 Å². The van der Waals surface area contributed by atoms with E-state index in [4.69, 9.17) is 9.57 Å². The number of phenolic OH excluding ortho intramolecular Hbond substituents is 1. The second-order valence-electron chi connectivity index (χ2n) is 9.52. The summed E-state index contributed by atoms with van der Waals surface area (Å²) in [6, 6.07) is 17.4. The fraction of sp³-hybridized carbons (Fsp3) is 0.480. The first-order valence-corrected chi connectivity index (χ1v) is 10.8. The summed E-state index contributed by atoms with van der Waals surface area (Å²) in [5.74, 6) is -0.299. The Morgan fingerprint density at radius 2 is 1.83 bits per heavy atom. The van der Waals surface area contributed by atoms with E-state index in [1.807, 2.05) is 57.2 Å². The number of nitrogens with one attached hydrogen (secondary N) is 1. The predicted molar refractivity (Wildman–Crippen MR) is 115 cm³/mol. The van der Waals surface area contributed by atoms with Gasteiger partial charge in [-0.1, -0.05) is 48.5 Å². The number of phenols is 1. The molecule has 1 heterocycles. The lowest BCUT2D eigenvalue weighted by Crippen LogP contribution is -2.47. The Morgan fingerprint density at radius 1 is 1.13 bits per heavy atom. The number of hydrogen-bond acceptors (Lipinski definition) is 5. The number of rotatable bonds is 3. The Kier molecular flexibility index (Phi) is 5.60. The predicted octanol–water partition coefficient (Wildman–Crippen LogP) is 5.02. The highest BCUT2D eigenvalue weighted by molar-refractivity contribution is 5.75. The number of para-hydroxylation sites is 1. The second kappa shape index (κ2) is 8.05. The topological polar surface area (TPSA) is 67.8 Å². The van der Waals surface area contributed by atoms with Gasteiger partial charge in [0.1, 0.15) is 11.4 Å². The molecule has 4 rings (SSSR count). The Labute approximate surface area is 178 Å². The van der Waals surface area contributed by atoms with Crippen molar-refractivity contribution >= 4 is 5.97 Å². The van der Waals surface area contributed by atoms with Gasteiger partial charge in [-0.05, 0) is 51.7 Å². The smallest absolute Gasteiger partial charge is 0.310 e. The quantitative estimate of drug-likeness (QED) is 0.697. The fourth-order valence-electron chi connectivity index (χ4n) is 5.05. The standard InChI is InChI=1S/C25H31NO4/c1-24(2,3)29-23(28)19-13-9-15-25(22(19)17-10-5-4-6-11-17)16-20(26-30-25)18-12-7-8-14-21(18)27/h4-8,10-12,14,19-20,22,26-27H,9,13,15-16H2,1-3H3/t19?,20-,22+,25+/m0/s1. The van der Waals surface area contributed by atoms with Crippen LogP contribution < -0.4 is 5.48 Å². The molecule has 2 aliphatic rings. The van der Waals surface area contributed by atoms with Gasteiger partial charge in [0.25, 0.3) is 0 Å². The van der Waals surface area contributed by atoms with Crippen LogP contribution in [0.3, 0.4) is 0 Å². The minimum absolute atomic E-state index is 0.120. The zero-order valence-electron chi connectivity index (χ0n) is 17.9. The molecule has 1 aliphatic carbocycles. The van der Waals surface area contributed by atoms with Crippen molar-refractivity contribution in [1.82, 2.24) is 5.48 Å². The Bertz CT molecular complexity index is 892. The summed E-state index contributed by atoms with van der Waals surface area (Å²) in [5, 5.41) is 10.3. The van der Waals surface area contributed by atoms with E-state index in [0.717, 1.165) is 30.4 Å². The van der Waals surface area contributed by atoms with Crippen molar-refractivity contribution in [1.29, 1.82) is 0 Å². The minimum Gasteiger partial charge on any atom is -0.508 e. The van der Waals surface area contributed by atoms with Crippen LogP contribution in [0.4, 0.5) is 0 Å². The van der Waals surface area contributed by atoms with Gasteiger partial charge in [-0.15, -0.1) is 0 Å². The minimum atomic E-state index is -0.534. The third kappa shape index (κ3) is 4.09. The Hall–Kier alpha value is -2.37. The number of aromatic hydroxyl groups is 1. The lowest BCUT2D eigenvalue weighted by atomic mass is 9.64. The first-order valence-electron chi connectivity index (χ1n) is 10.8. The van der Waals surface area contributed by atoms with Gasteiger partial charge in [0.2, 0.25) is 0 Å². The molecule has 0 bridgehead atoms. The summed E-state index contributed by atoms with van der Waals surface area (Å²) < 4.78 is 5.81. The number of carbonyl (C=O) groups excluding carboxylic acids is 1. The van der Waals surface area contributed by atoms with Crippen molar-refractivity contribution in [2.45, 2.75) is 69.6 Å². The molecule has 2 aromatic carbocycles. The van der Waals surface area contributed by atoms with Gasteiger partial charge in [0.05, 0.1) is 17.6 Å². The molecular formula is C25H31NO4. The van der Waals surface area contributed by atoms with Crippen molar-refractivity contribution in [3.05, 3.63) is 65.7 Å². The summed E-state index contributed by atoms with van der Waals surface area (Å²) in [6.45, 7) is 5.72. The molecule has 2 aromatic rings. The maximum atomic E-state index is 13.2. The molecular weight excluding hydrogens is 378 g/mol. The van der Waals surface area contributed by atoms with Crippen LogP contribution in [0.1, 0.15) is 69.5 Å². The number of carbonyl (C=O) groups is 1. The number of hydroxylamine groups is 1. The van der Waals surface area contributed by atoms with Crippen LogP contribution in [0, 0.1) is 5.92 Å². The van der Waals surface area contributed by atoms with E-state index in [9.17, 15) is 9.90 Å². The average molecular weight is 410 g/mol. The molecule has 1 saturated heterocycles. The highest BCUT2D eigenvalue weighted by Gasteiger charge is 2.55. The number of esters is 1. The van der Waals surface area contributed by atoms with Gasteiger partial charge in [0, 0.05) is 17.9 Å².